The largest absolute Gasteiger partial charge is 0.508 e. The van der Waals surface area contributed by atoms with E-state index in [1.807, 2.05) is 0 Å². The molecule has 1 amide bonds. The second kappa shape index (κ2) is 6.47. The minimum absolute atomic E-state index is 0.00787. The molecule has 1 aromatic rings. The molecular formula is C15H20N2O4. The molecule has 0 saturated carbocycles. The van der Waals surface area contributed by atoms with Crippen molar-refractivity contribution in [1.82, 2.24) is 4.90 Å². The Morgan fingerprint density at radius 3 is 2.95 bits per heavy atom. The molecule has 1 fully saturated rings. The number of anilines is 1. The monoisotopic (exact) mass is 292 g/mol. The molecule has 1 aromatic carbocycles. The fraction of sp³-hybridized carbons (Fsp3) is 0.467. The number of nitrogens with zero attached hydrogens (tertiary/aromatic N) is 1. The fourth-order valence-electron chi connectivity index (χ4n) is 2.51. The fourth-order valence-corrected chi connectivity index (χ4v) is 2.51. The van der Waals surface area contributed by atoms with Crippen molar-refractivity contribution in [2.45, 2.75) is 19.8 Å². The van der Waals surface area contributed by atoms with Crippen LogP contribution in [0.25, 0.3) is 0 Å². The van der Waals surface area contributed by atoms with Crippen molar-refractivity contribution in [2.75, 3.05) is 25.4 Å². The molecule has 21 heavy (non-hydrogen) atoms. The molecule has 0 aromatic heterocycles. The number of rotatable bonds is 3. The van der Waals surface area contributed by atoms with Crippen molar-refractivity contribution in [3.05, 3.63) is 23.8 Å². The maximum absolute atomic E-state index is 12.5. The number of phenolic OH excluding ortho intramolecular Hbond substituents is 1. The minimum Gasteiger partial charge on any atom is -0.508 e. The van der Waals surface area contributed by atoms with E-state index >= 15 is 0 Å². The lowest BCUT2D eigenvalue weighted by molar-refractivity contribution is -0.149. The highest BCUT2D eigenvalue weighted by Crippen LogP contribution is 2.24. The summed E-state index contributed by atoms with van der Waals surface area (Å²) in [4.78, 5) is 25.9. The van der Waals surface area contributed by atoms with Crippen molar-refractivity contribution in [1.29, 1.82) is 0 Å². The standard InChI is InChI=1S/C15H20N2O4/c1-2-21-15(20)10-4-3-7-17(9-10)14(19)12-8-11(18)5-6-13(12)16/h5-6,8,10,18H,2-4,7,9,16H2,1H3. The van der Waals surface area contributed by atoms with Gasteiger partial charge in [-0.25, -0.2) is 0 Å². The average molecular weight is 292 g/mol. The van der Waals surface area contributed by atoms with Gasteiger partial charge in [0.1, 0.15) is 5.75 Å². The number of amides is 1. The van der Waals surface area contributed by atoms with Crippen molar-refractivity contribution < 1.29 is 19.4 Å². The summed E-state index contributed by atoms with van der Waals surface area (Å²) < 4.78 is 5.02. The number of hydrogen-bond acceptors (Lipinski definition) is 5. The number of carbonyl (C=O) groups excluding carboxylic acids is 2. The van der Waals surface area contributed by atoms with Gasteiger partial charge in [0.15, 0.2) is 0 Å². The maximum atomic E-state index is 12.5. The topological polar surface area (TPSA) is 92.9 Å². The normalized spacial score (nSPS) is 18.3. The van der Waals surface area contributed by atoms with Crippen molar-refractivity contribution in [2.24, 2.45) is 5.92 Å². The summed E-state index contributed by atoms with van der Waals surface area (Å²) in [5.74, 6) is -0.830. The highest BCUT2D eigenvalue weighted by Gasteiger charge is 2.30. The minimum atomic E-state index is -0.291. The molecule has 1 atom stereocenters. The Kier molecular flexibility index (Phi) is 4.67. The summed E-state index contributed by atoms with van der Waals surface area (Å²) in [7, 11) is 0. The molecule has 1 unspecified atom stereocenters. The quantitative estimate of drug-likeness (QED) is 0.499. The van der Waals surface area contributed by atoms with Crippen LogP contribution in [0.1, 0.15) is 30.1 Å². The number of piperidine rings is 1. The number of esters is 1. The molecule has 1 aliphatic rings. The first-order valence-electron chi connectivity index (χ1n) is 7.07. The van der Waals surface area contributed by atoms with E-state index in [2.05, 4.69) is 0 Å². The van der Waals surface area contributed by atoms with E-state index in [4.69, 9.17) is 10.5 Å². The van der Waals surface area contributed by atoms with Crippen LogP contribution >= 0.6 is 0 Å². The van der Waals surface area contributed by atoms with Crippen LogP contribution in [-0.2, 0) is 9.53 Å². The molecule has 3 N–H and O–H groups in total. The molecule has 2 rings (SSSR count). The summed E-state index contributed by atoms with van der Waals surface area (Å²) >= 11 is 0. The first kappa shape index (κ1) is 15.2. The van der Waals surface area contributed by atoms with Crippen molar-refractivity contribution in [3.8, 4) is 5.75 Å². The summed E-state index contributed by atoms with van der Waals surface area (Å²) in [6.45, 7) is 3.00. The third kappa shape index (κ3) is 3.45. The Morgan fingerprint density at radius 2 is 2.24 bits per heavy atom. The van der Waals surface area contributed by atoms with E-state index in [0.717, 1.165) is 12.8 Å². The van der Waals surface area contributed by atoms with Crippen LogP contribution in [0.2, 0.25) is 0 Å². The second-order valence-electron chi connectivity index (χ2n) is 5.11. The number of benzene rings is 1. The van der Waals surface area contributed by atoms with Crippen LogP contribution in [-0.4, -0.2) is 41.6 Å². The van der Waals surface area contributed by atoms with Gasteiger partial charge in [0.25, 0.3) is 5.91 Å². The summed E-state index contributed by atoms with van der Waals surface area (Å²) in [5.41, 5.74) is 6.37. The molecule has 0 aliphatic carbocycles. The van der Waals surface area contributed by atoms with E-state index in [-0.39, 0.29) is 29.1 Å². The number of carbonyl (C=O) groups is 2. The Labute approximate surface area is 123 Å². The van der Waals surface area contributed by atoms with Gasteiger partial charge >= 0.3 is 5.97 Å². The molecule has 1 heterocycles. The van der Waals surface area contributed by atoms with Crippen LogP contribution < -0.4 is 5.73 Å². The van der Waals surface area contributed by atoms with Gasteiger partial charge in [-0.15, -0.1) is 0 Å². The summed E-state index contributed by atoms with van der Waals surface area (Å²) in [6, 6.07) is 4.28. The molecule has 0 radical (unpaired) electrons. The zero-order valence-electron chi connectivity index (χ0n) is 12.0. The Bertz CT molecular complexity index is 544. The maximum Gasteiger partial charge on any atom is 0.310 e. The third-order valence-electron chi connectivity index (χ3n) is 3.60. The van der Waals surface area contributed by atoms with Crippen molar-refractivity contribution >= 4 is 17.6 Å². The predicted octanol–water partition coefficient (Wildman–Crippen LogP) is 1.39. The number of ether oxygens (including phenoxy) is 1. The van der Waals surface area contributed by atoms with E-state index < -0.39 is 0 Å². The van der Waals surface area contributed by atoms with Crippen LogP contribution in [0.5, 0.6) is 5.75 Å². The lowest BCUT2D eigenvalue weighted by Crippen LogP contribution is -2.43. The van der Waals surface area contributed by atoms with Crippen LogP contribution in [0.4, 0.5) is 5.69 Å². The van der Waals surface area contributed by atoms with Gasteiger partial charge in [-0.05, 0) is 38.0 Å². The Morgan fingerprint density at radius 1 is 1.48 bits per heavy atom. The molecule has 6 heteroatoms. The highest BCUT2D eigenvalue weighted by molar-refractivity contribution is 5.99. The number of hydrogen-bond donors (Lipinski definition) is 2. The number of aromatic hydroxyl groups is 1. The zero-order valence-corrected chi connectivity index (χ0v) is 12.0. The molecule has 114 valence electrons. The highest BCUT2D eigenvalue weighted by atomic mass is 16.5. The lowest BCUT2D eigenvalue weighted by atomic mass is 9.97. The third-order valence-corrected chi connectivity index (χ3v) is 3.60. The van der Waals surface area contributed by atoms with E-state index in [9.17, 15) is 14.7 Å². The van der Waals surface area contributed by atoms with Gasteiger partial charge in [0, 0.05) is 18.8 Å². The first-order valence-corrected chi connectivity index (χ1v) is 7.07. The smallest absolute Gasteiger partial charge is 0.310 e. The number of phenols is 1. The molecule has 1 saturated heterocycles. The van der Waals surface area contributed by atoms with E-state index in [0.29, 0.717) is 25.4 Å². The summed E-state index contributed by atoms with van der Waals surface area (Å²) in [6.07, 6.45) is 1.46. The van der Waals surface area contributed by atoms with Gasteiger partial charge in [-0.3, -0.25) is 9.59 Å². The van der Waals surface area contributed by atoms with Crippen LogP contribution in [0, 0.1) is 5.92 Å². The summed E-state index contributed by atoms with van der Waals surface area (Å²) in [5, 5.41) is 9.49. The molecular weight excluding hydrogens is 272 g/mol. The number of likely N-dealkylation sites (tertiary alicyclic amines) is 1. The van der Waals surface area contributed by atoms with Gasteiger partial charge in [-0.1, -0.05) is 0 Å². The second-order valence-corrected chi connectivity index (χ2v) is 5.11. The van der Waals surface area contributed by atoms with E-state index in [1.54, 1.807) is 11.8 Å². The number of nitrogen functional groups attached to an aromatic ring is 1. The van der Waals surface area contributed by atoms with Crippen LogP contribution in [0.15, 0.2) is 18.2 Å². The first-order chi connectivity index (χ1) is 10.0. The van der Waals surface area contributed by atoms with Gasteiger partial charge in [0.05, 0.1) is 18.1 Å². The zero-order chi connectivity index (χ0) is 15.4. The van der Waals surface area contributed by atoms with Crippen molar-refractivity contribution in [3.63, 3.8) is 0 Å². The molecule has 6 nitrogen and oxygen atoms in total. The Hall–Kier alpha value is -2.24. The molecule has 1 aliphatic heterocycles. The SMILES string of the molecule is CCOC(=O)C1CCCN(C(=O)c2cc(O)ccc2N)C1. The number of nitrogens with two attached hydrogens (primary N) is 1. The van der Waals surface area contributed by atoms with Gasteiger partial charge in [0.2, 0.25) is 0 Å². The Balaban J connectivity index is 2.12. The van der Waals surface area contributed by atoms with E-state index in [1.165, 1.54) is 18.2 Å². The average Bonchev–Trinajstić information content (AvgIpc) is 2.49. The lowest BCUT2D eigenvalue weighted by Gasteiger charge is -2.31. The van der Waals surface area contributed by atoms with Gasteiger partial charge < -0.3 is 20.5 Å². The predicted molar refractivity (Wildman–Crippen MR) is 77.8 cm³/mol. The van der Waals surface area contributed by atoms with Gasteiger partial charge in [-0.2, -0.15) is 0 Å². The molecule has 0 spiro atoms. The van der Waals surface area contributed by atoms with Crippen LogP contribution in [0.3, 0.4) is 0 Å². The molecule has 0 bridgehead atoms.